The zero-order valence-corrected chi connectivity index (χ0v) is 15.5. The highest BCUT2D eigenvalue weighted by atomic mass is 16.2. The number of nitrogens with one attached hydrogen (secondary N) is 1. The third-order valence-corrected chi connectivity index (χ3v) is 5.26. The van der Waals surface area contributed by atoms with Gasteiger partial charge >= 0.3 is 0 Å². The van der Waals surface area contributed by atoms with Crippen LogP contribution in [0.1, 0.15) is 25.7 Å². The molecule has 0 aromatic heterocycles. The minimum absolute atomic E-state index is 0.118. The summed E-state index contributed by atoms with van der Waals surface area (Å²) in [5.41, 5.74) is 0.961. The summed E-state index contributed by atoms with van der Waals surface area (Å²) in [7, 11) is 0. The predicted molar refractivity (Wildman–Crippen MR) is 103 cm³/mol. The summed E-state index contributed by atoms with van der Waals surface area (Å²) in [6.07, 6.45) is 4.73. The Hall–Kier alpha value is -2.08. The number of anilines is 1. The molecule has 1 aromatic rings. The van der Waals surface area contributed by atoms with Crippen molar-refractivity contribution in [2.75, 3.05) is 57.7 Å². The van der Waals surface area contributed by atoms with Crippen LogP contribution >= 0.6 is 0 Å². The van der Waals surface area contributed by atoms with E-state index < -0.39 is 0 Å². The van der Waals surface area contributed by atoms with E-state index in [1.807, 2.05) is 40.1 Å². The number of piperazine rings is 1. The van der Waals surface area contributed by atoms with Crippen LogP contribution in [0, 0.1) is 0 Å². The molecular formula is C20H30N4O2. The minimum Gasteiger partial charge on any atom is -0.376 e. The summed E-state index contributed by atoms with van der Waals surface area (Å²) in [5, 5.41) is 3.17. The van der Waals surface area contributed by atoms with Crippen LogP contribution in [0.25, 0.3) is 0 Å². The van der Waals surface area contributed by atoms with Gasteiger partial charge in [-0.15, -0.1) is 0 Å². The highest BCUT2D eigenvalue weighted by Crippen LogP contribution is 2.11. The summed E-state index contributed by atoms with van der Waals surface area (Å²) >= 11 is 0. The van der Waals surface area contributed by atoms with Crippen LogP contribution in [0.15, 0.2) is 30.3 Å². The largest absolute Gasteiger partial charge is 0.376 e. The van der Waals surface area contributed by atoms with Gasteiger partial charge in [-0.05, 0) is 25.0 Å². The van der Waals surface area contributed by atoms with E-state index in [4.69, 9.17) is 0 Å². The van der Waals surface area contributed by atoms with E-state index in [0.29, 0.717) is 26.2 Å². The number of carbonyl (C=O) groups excluding carboxylic acids is 2. The van der Waals surface area contributed by atoms with Gasteiger partial charge in [0.05, 0.1) is 13.1 Å². The summed E-state index contributed by atoms with van der Waals surface area (Å²) in [4.78, 5) is 30.9. The molecule has 2 aliphatic heterocycles. The highest BCUT2D eigenvalue weighted by Gasteiger charge is 2.24. The monoisotopic (exact) mass is 358 g/mol. The molecule has 2 saturated heterocycles. The van der Waals surface area contributed by atoms with Gasteiger partial charge in [0.25, 0.3) is 0 Å². The van der Waals surface area contributed by atoms with Crippen molar-refractivity contribution < 1.29 is 9.59 Å². The first-order chi connectivity index (χ1) is 12.7. The molecule has 1 N–H and O–H groups in total. The molecule has 2 aliphatic rings. The summed E-state index contributed by atoms with van der Waals surface area (Å²) in [5.74, 6) is 0.366. The van der Waals surface area contributed by atoms with Crippen molar-refractivity contribution in [3.8, 4) is 0 Å². The number of likely N-dealkylation sites (tertiary alicyclic amines) is 1. The van der Waals surface area contributed by atoms with Gasteiger partial charge in [-0.25, -0.2) is 0 Å². The number of carbonyl (C=O) groups is 2. The van der Waals surface area contributed by atoms with E-state index in [1.165, 1.54) is 12.8 Å². The lowest BCUT2D eigenvalue weighted by atomic mass is 10.2. The Balaban J connectivity index is 1.38. The smallest absolute Gasteiger partial charge is 0.241 e. The van der Waals surface area contributed by atoms with Crippen LogP contribution in [-0.4, -0.2) is 78.9 Å². The van der Waals surface area contributed by atoms with Gasteiger partial charge in [0.15, 0.2) is 0 Å². The molecule has 0 radical (unpaired) electrons. The van der Waals surface area contributed by atoms with Crippen molar-refractivity contribution in [3.63, 3.8) is 0 Å². The molecular weight excluding hydrogens is 328 g/mol. The predicted octanol–water partition coefficient (Wildman–Crippen LogP) is 1.65. The molecule has 3 rings (SSSR count). The first-order valence-corrected chi connectivity index (χ1v) is 9.79. The number of benzene rings is 1. The van der Waals surface area contributed by atoms with Crippen molar-refractivity contribution >= 4 is 17.5 Å². The van der Waals surface area contributed by atoms with Crippen LogP contribution in [-0.2, 0) is 9.59 Å². The van der Waals surface area contributed by atoms with Gasteiger partial charge in [-0.3, -0.25) is 14.5 Å². The standard InChI is InChI=1S/C20H30N4O2/c25-19(16-21-18-8-4-3-5-9-18)24-14-12-22(13-15-24)17-20(26)23-10-6-1-2-7-11-23/h3-5,8-9,21H,1-2,6-7,10-17H2. The van der Waals surface area contributed by atoms with Crippen molar-refractivity contribution in [3.05, 3.63) is 30.3 Å². The van der Waals surface area contributed by atoms with E-state index in [2.05, 4.69) is 10.2 Å². The Kier molecular flexibility index (Phi) is 6.89. The average Bonchev–Trinajstić information content (AvgIpc) is 2.97. The van der Waals surface area contributed by atoms with E-state index in [-0.39, 0.29) is 11.8 Å². The number of rotatable bonds is 5. The maximum atomic E-state index is 12.5. The van der Waals surface area contributed by atoms with Crippen molar-refractivity contribution in [2.24, 2.45) is 0 Å². The zero-order chi connectivity index (χ0) is 18.2. The fourth-order valence-corrected chi connectivity index (χ4v) is 3.61. The SMILES string of the molecule is O=C(CNc1ccccc1)N1CCN(CC(=O)N2CCCCCC2)CC1. The summed E-state index contributed by atoms with van der Waals surface area (Å²) in [6, 6.07) is 9.78. The molecule has 142 valence electrons. The Labute approximate surface area is 156 Å². The molecule has 0 unspecified atom stereocenters. The molecule has 0 atom stereocenters. The molecule has 6 heteroatoms. The van der Waals surface area contributed by atoms with Crippen LogP contribution < -0.4 is 5.32 Å². The molecule has 2 heterocycles. The lowest BCUT2D eigenvalue weighted by Gasteiger charge is -2.35. The number of para-hydroxylation sites is 1. The number of nitrogens with zero attached hydrogens (tertiary/aromatic N) is 3. The zero-order valence-electron chi connectivity index (χ0n) is 15.5. The van der Waals surface area contributed by atoms with E-state index in [9.17, 15) is 9.59 Å². The van der Waals surface area contributed by atoms with Gasteiger partial charge in [-0.2, -0.15) is 0 Å². The van der Waals surface area contributed by atoms with E-state index in [1.54, 1.807) is 0 Å². The molecule has 1 aromatic carbocycles. The molecule has 2 fully saturated rings. The van der Waals surface area contributed by atoms with Gasteiger partial charge in [0, 0.05) is 45.0 Å². The Morgan fingerprint density at radius 3 is 2.04 bits per heavy atom. The number of hydrogen-bond acceptors (Lipinski definition) is 4. The van der Waals surface area contributed by atoms with Gasteiger partial charge in [-0.1, -0.05) is 31.0 Å². The van der Waals surface area contributed by atoms with Crippen LogP contribution in [0.2, 0.25) is 0 Å². The molecule has 6 nitrogen and oxygen atoms in total. The van der Waals surface area contributed by atoms with Gasteiger partial charge in [0.1, 0.15) is 0 Å². The Morgan fingerprint density at radius 1 is 0.769 bits per heavy atom. The lowest BCUT2D eigenvalue weighted by Crippen LogP contribution is -2.52. The minimum atomic E-state index is 0.118. The summed E-state index contributed by atoms with van der Waals surface area (Å²) in [6.45, 7) is 5.56. The molecule has 0 saturated carbocycles. The molecule has 0 aliphatic carbocycles. The number of hydrogen-bond donors (Lipinski definition) is 1. The molecule has 0 bridgehead atoms. The fraction of sp³-hybridized carbons (Fsp3) is 0.600. The first-order valence-electron chi connectivity index (χ1n) is 9.79. The van der Waals surface area contributed by atoms with Crippen LogP contribution in [0.4, 0.5) is 5.69 Å². The maximum Gasteiger partial charge on any atom is 0.241 e. The molecule has 26 heavy (non-hydrogen) atoms. The average molecular weight is 358 g/mol. The summed E-state index contributed by atoms with van der Waals surface area (Å²) < 4.78 is 0. The fourth-order valence-electron chi connectivity index (χ4n) is 3.61. The third kappa shape index (κ3) is 5.46. The lowest BCUT2D eigenvalue weighted by molar-refractivity contribution is -0.134. The second-order valence-corrected chi connectivity index (χ2v) is 7.17. The quantitative estimate of drug-likeness (QED) is 0.870. The topological polar surface area (TPSA) is 55.9 Å². The van der Waals surface area contributed by atoms with Crippen LogP contribution in [0.5, 0.6) is 0 Å². The van der Waals surface area contributed by atoms with Crippen molar-refractivity contribution in [2.45, 2.75) is 25.7 Å². The maximum absolute atomic E-state index is 12.5. The van der Waals surface area contributed by atoms with Gasteiger partial charge in [0.2, 0.25) is 11.8 Å². The van der Waals surface area contributed by atoms with Crippen molar-refractivity contribution in [1.82, 2.24) is 14.7 Å². The Bertz CT molecular complexity index is 577. The van der Waals surface area contributed by atoms with Crippen LogP contribution in [0.3, 0.4) is 0 Å². The highest BCUT2D eigenvalue weighted by molar-refractivity contribution is 5.81. The molecule has 2 amide bonds. The van der Waals surface area contributed by atoms with E-state index in [0.717, 1.165) is 44.7 Å². The van der Waals surface area contributed by atoms with Gasteiger partial charge < -0.3 is 15.1 Å². The third-order valence-electron chi connectivity index (χ3n) is 5.26. The normalized spacial score (nSPS) is 19.1. The second-order valence-electron chi connectivity index (χ2n) is 7.17. The molecule has 0 spiro atoms. The van der Waals surface area contributed by atoms with Crippen molar-refractivity contribution in [1.29, 1.82) is 0 Å². The van der Waals surface area contributed by atoms with E-state index >= 15 is 0 Å². The second kappa shape index (κ2) is 9.57. The Morgan fingerprint density at radius 2 is 1.38 bits per heavy atom. The first kappa shape index (κ1) is 18.7. The number of amides is 2.